The SMILES string of the molecule is O=C1NC(=S)N2C=CC=CC12. The summed E-state index contributed by atoms with van der Waals surface area (Å²) in [6, 6.07) is -0.215. The molecule has 0 radical (unpaired) electrons. The van der Waals surface area contributed by atoms with Crippen LogP contribution in [0.25, 0.3) is 0 Å². The maximum atomic E-state index is 11.1. The molecule has 4 heteroatoms. The normalized spacial score (nSPS) is 27.3. The first-order valence-electron chi connectivity index (χ1n) is 3.27. The third-order valence-corrected chi connectivity index (χ3v) is 2.00. The molecule has 2 aliphatic heterocycles. The van der Waals surface area contributed by atoms with Crippen LogP contribution in [0.2, 0.25) is 0 Å². The molecule has 0 aliphatic carbocycles. The molecule has 0 aromatic carbocycles. The Hall–Kier alpha value is -1.16. The molecule has 0 aromatic heterocycles. The molecule has 1 N–H and O–H groups in total. The van der Waals surface area contributed by atoms with Gasteiger partial charge in [0.25, 0.3) is 5.91 Å². The van der Waals surface area contributed by atoms with Crippen LogP contribution in [-0.4, -0.2) is 22.0 Å². The molecule has 0 bridgehead atoms. The molecule has 1 fully saturated rings. The van der Waals surface area contributed by atoms with Crippen molar-refractivity contribution in [2.45, 2.75) is 6.04 Å². The summed E-state index contributed by atoms with van der Waals surface area (Å²) in [5.74, 6) is -0.0457. The van der Waals surface area contributed by atoms with Gasteiger partial charge in [0.15, 0.2) is 5.11 Å². The van der Waals surface area contributed by atoms with E-state index in [1.807, 2.05) is 18.2 Å². The van der Waals surface area contributed by atoms with Gasteiger partial charge in [0.05, 0.1) is 0 Å². The van der Waals surface area contributed by atoms with Crippen LogP contribution < -0.4 is 5.32 Å². The lowest BCUT2D eigenvalue weighted by Gasteiger charge is -2.17. The Morgan fingerprint density at radius 3 is 3.09 bits per heavy atom. The van der Waals surface area contributed by atoms with Crippen LogP contribution in [0.4, 0.5) is 0 Å². The molecule has 1 atom stereocenters. The lowest BCUT2D eigenvalue weighted by Crippen LogP contribution is -2.29. The van der Waals surface area contributed by atoms with Crippen LogP contribution in [0, 0.1) is 0 Å². The van der Waals surface area contributed by atoms with E-state index in [1.54, 1.807) is 11.1 Å². The molecular formula is C7H6N2OS. The predicted molar refractivity (Wildman–Crippen MR) is 44.6 cm³/mol. The summed E-state index contributed by atoms with van der Waals surface area (Å²) >= 11 is 4.90. The van der Waals surface area contributed by atoms with Gasteiger partial charge < -0.3 is 10.2 Å². The van der Waals surface area contributed by atoms with Crippen LogP contribution in [0.5, 0.6) is 0 Å². The number of carbonyl (C=O) groups is 1. The minimum Gasteiger partial charge on any atom is -0.309 e. The molecule has 1 saturated heterocycles. The summed E-state index contributed by atoms with van der Waals surface area (Å²) in [7, 11) is 0. The van der Waals surface area contributed by atoms with Gasteiger partial charge in [0.1, 0.15) is 6.04 Å². The molecule has 0 saturated carbocycles. The maximum Gasteiger partial charge on any atom is 0.253 e. The third kappa shape index (κ3) is 0.867. The highest BCUT2D eigenvalue weighted by Crippen LogP contribution is 2.13. The van der Waals surface area contributed by atoms with Crippen molar-refractivity contribution in [1.82, 2.24) is 10.2 Å². The van der Waals surface area contributed by atoms with Gasteiger partial charge in [-0.3, -0.25) is 4.79 Å². The number of thiocarbonyl (C=S) groups is 1. The summed E-state index contributed by atoms with van der Waals surface area (Å²) in [4.78, 5) is 12.8. The topological polar surface area (TPSA) is 32.3 Å². The first-order chi connectivity index (χ1) is 5.29. The Kier molecular flexibility index (Phi) is 1.29. The van der Waals surface area contributed by atoms with Crippen LogP contribution in [-0.2, 0) is 4.79 Å². The molecule has 56 valence electrons. The summed E-state index contributed by atoms with van der Waals surface area (Å²) < 4.78 is 0. The van der Waals surface area contributed by atoms with E-state index in [1.165, 1.54) is 0 Å². The van der Waals surface area contributed by atoms with Gasteiger partial charge in [-0.1, -0.05) is 12.2 Å². The molecule has 3 nitrogen and oxygen atoms in total. The number of fused-ring (bicyclic) bond motifs is 1. The van der Waals surface area contributed by atoms with Gasteiger partial charge >= 0.3 is 0 Å². The summed E-state index contributed by atoms with van der Waals surface area (Å²) in [5, 5.41) is 3.06. The zero-order valence-corrected chi connectivity index (χ0v) is 6.47. The van der Waals surface area contributed by atoms with Crippen molar-refractivity contribution < 1.29 is 4.79 Å². The first-order valence-corrected chi connectivity index (χ1v) is 3.68. The largest absolute Gasteiger partial charge is 0.309 e. The molecule has 1 unspecified atom stereocenters. The van der Waals surface area contributed by atoms with Crippen molar-refractivity contribution in [2.75, 3.05) is 0 Å². The molecule has 0 aromatic rings. The minimum absolute atomic E-state index is 0.0457. The third-order valence-electron chi connectivity index (χ3n) is 1.68. The van der Waals surface area contributed by atoms with Crippen LogP contribution in [0.1, 0.15) is 0 Å². The van der Waals surface area contributed by atoms with E-state index in [0.717, 1.165) is 0 Å². The number of nitrogens with zero attached hydrogens (tertiary/aromatic N) is 1. The van der Waals surface area contributed by atoms with Gasteiger partial charge in [-0.2, -0.15) is 0 Å². The fraction of sp³-hybridized carbons (Fsp3) is 0.143. The van der Waals surface area contributed by atoms with Crippen molar-refractivity contribution in [2.24, 2.45) is 0 Å². The van der Waals surface area contributed by atoms with Gasteiger partial charge in [0.2, 0.25) is 0 Å². The quantitative estimate of drug-likeness (QED) is 0.520. The van der Waals surface area contributed by atoms with E-state index in [4.69, 9.17) is 12.2 Å². The molecule has 2 aliphatic rings. The average molecular weight is 166 g/mol. The summed E-state index contributed by atoms with van der Waals surface area (Å²) in [6.07, 6.45) is 7.30. The smallest absolute Gasteiger partial charge is 0.253 e. The van der Waals surface area contributed by atoms with Gasteiger partial charge in [0, 0.05) is 6.20 Å². The number of allylic oxidation sites excluding steroid dienone is 2. The van der Waals surface area contributed by atoms with Gasteiger partial charge in [-0.15, -0.1) is 0 Å². The van der Waals surface area contributed by atoms with E-state index >= 15 is 0 Å². The number of nitrogens with one attached hydrogen (secondary N) is 1. The van der Waals surface area contributed by atoms with Crippen molar-refractivity contribution >= 4 is 23.2 Å². The van der Waals surface area contributed by atoms with E-state index in [-0.39, 0.29) is 11.9 Å². The second kappa shape index (κ2) is 2.17. The van der Waals surface area contributed by atoms with E-state index in [9.17, 15) is 4.79 Å². The lowest BCUT2D eigenvalue weighted by molar-refractivity contribution is -0.120. The Morgan fingerprint density at radius 2 is 2.36 bits per heavy atom. The van der Waals surface area contributed by atoms with Crippen LogP contribution >= 0.6 is 12.2 Å². The lowest BCUT2D eigenvalue weighted by atomic mass is 10.2. The standard InChI is InChI=1S/C7H6N2OS/c10-6-5-3-1-2-4-9(5)7(11)8-6/h1-5H,(H,8,10,11). The number of carbonyl (C=O) groups excluding carboxylic acids is 1. The van der Waals surface area contributed by atoms with Gasteiger partial charge in [-0.05, 0) is 18.3 Å². The van der Waals surface area contributed by atoms with Gasteiger partial charge in [-0.25, -0.2) is 0 Å². The van der Waals surface area contributed by atoms with E-state index in [0.29, 0.717) is 5.11 Å². The number of hydrogen-bond acceptors (Lipinski definition) is 2. The van der Waals surface area contributed by atoms with E-state index < -0.39 is 0 Å². The Balaban J connectivity index is 2.37. The fourth-order valence-electron chi connectivity index (χ4n) is 1.15. The maximum absolute atomic E-state index is 11.1. The van der Waals surface area contributed by atoms with Crippen LogP contribution in [0.3, 0.4) is 0 Å². The van der Waals surface area contributed by atoms with E-state index in [2.05, 4.69) is 5.32 Å². The Morgan fingerprint density at radius 1 is 1.55 bits per heavy atom. The predicted octanol–water partition coefficient (Wildman–Crippen LogP) is 0.155. The number of hydrogen-bond donors (Lipinski definition) is 1. The first kappa shape index (κ1) is 6.54. The Labute approximate surface area is 69.4 Å². The number of rotatable bonds is 0. The summed E-state index contributed by atoms with van der Waals surface area (Å²) in [5.41, 5.74) is 0. The fourth-order valence-corrected chi connectivity index (χ4v) is 1.42. The second-order valence-electron chi connectivity index (χ2n) is 2.37. The highest BCUT2D eigenvalue weighted by atomic mass is 32.1. The minimum atomic E-state index is -0.215. The molecular weight excluding hydrogens is 160 g/mol. The number of amides is 1. The molecule has 2 rings (SSSR count). The monoisotopic (exact) mass is 166 g/mol. The Bertz CT molecular complexity index is 254. The van der Waals surface area contributed by atoms with Crippen molar-refractivity contribution in [1.29, 1.82) is 0 Å². The second-order valence-corrected chi connectivity index (χ2v) is 2.76. The highest BCUT2D eigenvalue weighted by Gasteiger charge is 2.32. The highest BCUT2D eigenvalue weighted by molar-refractivity contribution is 7.80. The average Bonchev–Trinajstić information content (AvgIpc) is 2.30. The van der Waals surface area contributed by atoms with Crippen molar-refractivity contribution in [3.8, 4) is 0 Å². The zero-order chi connectivity index (χ0) is 7.84. The zero-order valence-electron chi connectivity index (χ0n) is 5.65. The van der Waals surface area contributed by atoms with Crippen LogP contribution in [0.15, 0.2) is 24.4 Å². The molecule has 11 heavy (non-hydrogen) atoms. The van der Waals surface area contributed by atoms with Crippen molar-refractivity contribution in [3.63, 3.8) is 0 Å². The van der Waals surface area contributed by atoms with Crippen molar-refractivity contribution in [3.05, 3.63) is 24.4 Å². The summed E-state index contributed by atoms with van der Waals surface area (Å²) in [6.45, 7) is 0. The molecule has 0 spiro atoms. The molecule has 1 amide bonds. The molecule has 2 heterocycles.